The van der Waals surface area contributed by atoms with Crippen LogP contribution in [0.1, 0.15) is 22.8 Å². The SMILES string of the molecule is Cc1ccccc1-n1c(SC(C)C(=O)Nc2sccc2C(N)=O)nnc1-c1ccncc1. The molecule has 8 nitrogen and oxygen atoms in total. The number of rotatable bonds is 7. The molecule has 0 radical (unpaired) electrons. The Hall–Kier alpha value is -3.50. The fraction of sp³-hybridized carbons (Fsp3) is 0.136. The highest BCUT2D eigenvalue weighted by Crippen LogP contribution is 2.32. The first kappa shape index (κ1) is 21.7. The molecular weight excluding hydrogens is 444 g/mol. The number of thiophene rings is 1. The van der Waals surface area contributed by atoms with Gasteiger partial charge >= 0.3 is 0 Å². The molecule has 2 amide bonds. The van der Waals surface area contributed by atoms with Gasteiger partial charge in [0.2, 0.25) is 5.91 Å². The number of amides is 2. The Morgan fingerprint density at radius 1 is 1.12 bits per heavy atom. The number of aryl methyl sites for hydroxylation is 1. The molecule has 3 aromatic heterocycles. The molecule has 32 heavy (non-hydrogen) atoms. The average molecular weight is 465 g/mol. The van der Waals surface area contributed by atoms with Gasteiger partial charge in [-0.25, -0.2) is 0 Å². The number of carbonyl (C=O) groups is 2. The van der Waals surface area contributed by atoms with Gasteiger partial charge < -0.3 is 11.1 Å². The number of benzene rings is 1. The molecule has 0 aliphatic carbocycles. The van der Waals surface area contributed by atoms with Gasteiger partial charge in [0.05, 0.1) is 16.5 Å². The maximum absolute atomic E-state index is 12.8. The van der Waals surface area contributed by atoms with Crippen molar-refractivity contribution in [2.45, 2.75) is 24.3 Å². The standard InChI is InChI=1S/C22H20N6O2S2/c1-13-5-3-4-6-17(13)28-19(15-7-10-24-11-8-15)26-27-22(28)32-14(2)20(30)25-21-16(18(23)29)9-12-31-21/h3-12,14H,1-2H3,(H2,23,29)(H,25,30). The molecule has 0 saturated heterocycles. The highest BCUT2D eigenvalue weighted by molar-refractivity contribution is 8.00. The minimum absolute atomic E-state index is 0.259. The second-order valence-corrected chi connectivity index (χ2v) is 9.17. The summed E-state index contributed by atoms with van der Waals surface area (Å²) in [5, 5.41) is 13.8. The highest BCUT2D eigenvalue weighted by atomic mass is 32.2. The predicted molar refractivity (Wildman–Crippen MR) is 126 cm³/mol. The average Bonchev–Trinajstić information content (AvgIpc) is 3.42. The molecule has 162 valence electrons. The fourth-order valence-corrected chi connectivity index (χ4v) is 4.75. The van der Waals surface area contributed by atoms with Gasteiger partial charge in [-0.15, -0.1) is 21.5 Å². The van der Waals surface area contributed by atoms with E-state index in [9.17, 15) is 9.59 Å². The Morgan fingerprint density at radius 3 is 2.59 bits per heavy atom. The second-order valence-electron chi connectivity index (χ2n) is 6.94. The molecule has 0 aliphatic heterocycles. The number of primary amides is 1. The van der Waals surface area contributed by atoms with Crippen LogP contribution in [0.15, 0.2) is 65.4 Å². The summed E-state index contributed by atoms with van der Waals surface area (Å²) in [4.78, 5) is 28.5. The summed E-state index contributed by atoms with van der Waals surface area (Å²) >= 11 is 2.54. The molecule has 1 unspecified atom stereocenters. The summed E-state index contributed by atoms with van der Waals surface area (Å²) in [7, 11) is 0. The van der Waals surface area contributed by atoms with Crippen molar-refractivity contribution in [1.29, 1.82) is 0 Å². The first-order chi connectivity index (χ1) is 15.5. The number of hydrogen-bond acceptors (Lipinski definition) is 7. The quantitative estimate of drug-likeness (QED) is 0.401. The lowest BCUT2D eigenvalue weighted by atomic mass is 10.2. The van der Waals surface area contributed by atoms with Gasteiger partial charge in [0.15, 0.2) is 11.0 Å². The van der Waals surface area contributed by atoms with Gasteiger partial charge in [-0.2, -0.15) is 0 Å². The smallest absolute Gasteiger partial charge is 0.251 e. The Labute approximate surface area is 192 Å². The lowest BCUT2D eigenvalue weighted by Gasteiger charge is -2.15. The molecule has 1 aromatic carbocycles. The van der Waals surface area contributed by atoms with E-state index >= 15 is 0 Å². The van der Waals surface area contributed by atoms with E-state index in [0.717, 1.165) is 16.8 Å². The number of pyridine rings is 1. The number of thioether (sulfide) groups is 1. The van der Waals surface area contributed by atoms with E-state index < -0.39 is 11.2 Å². The zero-order chi connectivity index (χ0) is 22.7. The number of nitrogens with one attached hydrogen (secondary N) is 1. The summed E-state index contributed by atoms with van der Waals surface area (Å²) in [5.41, 5.74) is 8.51. The molecule has 0 fully saturated rings. The zero-order valence-corrected chi connectivity index (χ0v) is 19.0. The van der Waals surface area contributed by atoms with Crippen LogP contribution in [-0.2, 0) is 4.79 Å². The summed E-state index contributed by atoms with van der Waals surface area (Å²) < 4.78 is 1.94. The topological polar surface area (TPSA) is 116 Å². The number of aromatic nitrogens is 4. The van der Waals surface area contributed by atoms with Crippen molar-refractivity contribution in [3.05, 3.63) is 71.4 Å². The first-order valence-electron chi connectivity index (χ1n) is 9.72. The molecule has 4 aromatic rings. The van der Waals surface area contributed by atoms with Crippen molar-refractivity contribution in [3.63, 3.8) is 0 Å². The molecule has 10 heteroatoms. The summed E-state index contributed by atoms with van der Waals surface area (Å²) in [6.07, 6.45) is 3.40. The van der Waals surface area contributed by atoms with Crippen LogP contribution in [0.4, 0.5) is 5.00 Å². The van der Waals surface area contributed by atoms with Gasteiger partial charge in [-0.3, -0.25) is 19.1 Å². The minimum atomic E-state index is -0.580. The maximum Gasteiger partial charge on any atom is 0.251 e. The largest absolute Gasteiger partial charge is 0.366 e. The van der Waals surface area contributed by atoms with Gasteiger partial charge in [-0.1, -0.05) is 30.0 Å². The van der Waals surface area contributed by atoms with Crippen molar-refractivity contribution >= 4 is 39.9 Å². The molecule has 4 rings (SSSR count). The predicted octanol–water partition coefficient (Wildman–Crippen LogP) is 3.92. The van der Waals surface area contributed by atoms with Gasteiger partial charge in [0, 0.05) is 18.0 Å². The van der Waals surface area contributed by atoms with Gasteiger partial charge in [0.1, 0.15) is 5.00 Å². The number of hydrogen-bond donors (Lipinski definition) is 2. The van der Waals surface area contributed by atoms with Gasteiger partial charge in [0.25, 0.3) is 5.91 Å². The number of para-hydroxylation sites is 1. The normalized spacial score (nSPS) is 11.8. The zero-order valence-electron chi connectivity index (χ0n) is 17.4. The minimum Gasteiger partial charge on any atom is -0.366 e. The number of carbonyl (C=O) groups excluding carboxylic acids is 2. The van der Waals surface area contributed by atoms with E-state index in [1.165, 1.54) is 23.1 Å². The van der Waals surface area contributed by atoms with Crippen LogP contribution in [0.3, 0.4) is 0 Å². The van der Waals surface area contributed by atoms with E-state index in [0.29, 0.717) is 21.5 Å². The van der Waals surface area contributed by atoms with Crippen molar-refractivity contribution in [2.24, 2.45) is 5.73 Å². The highest BCUT2D eigenvalue weighted by Gasteiger charge is 2.23. The van der Waals surface area contributed by atoms with Crippen LogP contribution in [-0.4, -0.2) is 36.8 Å². The summed E-state index contributed by atoms with van der Waals surface area (Å²) in [6.45, 7) is 3.79. The monoisotopic (exact) mass is 464 g/mol. The fourth-order valence-electron chi connectivity index (χ4n) is 3.09. The summed E-state index contributed by atoms with van der Waals surface area (Å²) in [5.74, 6) is -0.182. The number of nitrogens with zero attached hydrogens (tertiary/aromatic N) is 4. The van der Waals surface area contributed by atoms with E-state index in [4.69, 9.17) is 5.73 Å². The van der Waals surface area contributed by atoms with Crippen molar-refractivity contribution in [1.82, 2.24) is 19.7 Å². The van der Waals surface area contributed by atoms with Crippen molar-refractivity contribution in [2.75, 3.05) is 5.32 Å². The van der Waals surface area contributed by atoms with Crippen LogP contribution >= 0.6 is 23.1 Å². The molecule has 3 heterocycles. The molecular formula is C22H20N6O2S2. The van der Waals surface area contributed by atoms with E-state index in [-0.39, 0.29) is 5.91 Å². The van der Waals surface area contributed by atoms with Crippen LogP contribution in [0, 0.1) is 6.92 Å². The molecule has 1 atom stereocenters. The van der Waals surface area contributed by atoms with Crippen molar-refractivity contribution in [3.8, 4) is 17.1 Å². The van der Waals surface area contributed by atoms with Crippen LogP contribution in [0.5, 0.6) is 0 Å². The third kappa shape index (κ3) is 4.41. The van der Waals surface area contributed by atoms with Crippen LogP contribution < -0.4 is 11.1 Å². The number of anilines is 1. The van der Waals surface area contributed by atoms with Crippen molar-refractivity contribution < 1.29 is 9.59 Å². The lowest BCUT2D eigenvalue weighted by Crippen LogP contribution is -2.24. The lowest BCUT2D eigenvalue weighted by molar-refractivity contribution is -0.115. The first-order valence-corrected chi connectivity index (χ1v) is 11.5. The third-order valence-electron chi connectivity index (χ3n) is 4.75. The third-order valence-corrected chi connectivity index (χ3v) is 6.62. The Kier molecular flexibility index (Phi) is 6.33. The van der Waals surface area contributed by atoms with E-state index in [1.807, 2.05) is 47.9 Å². The number of nitrogens with two attached hydrogens (primary N) is 1. The molecule has 3 N–H and O–H groups in total. The van der Waals surface area contributed by atoms with E-state index in [2.05, 4.69) is 20.5 Å². The molecule has 0 saturated carbocycles. The Morgan fingerprint density at radius 2 is 1.88 bits per heavy atom. The maximum atomic E-state index is 12.8. The van der Waals surface area contributed by atoms with E-state index in [1.54, 1.807) is 30.8 Å². The molecule has 0 spiro atoms. The van der Waals surface area contributed by atoms with Crippen LogP contribution in [0.25, 0.3) is 17.1 Å². The van der Waals surface area contributed by atoms with Gasteiger partial charge in [-0.05, 0) is 49.1 Å². The summed E-state index contributed by atoms with van der Waals surface area (Å²) in [6, 6.07) is 13.2. The molecule has 0 bridgehead atoms. The van der Waals surface area contributed by atoms with Crippen LogP contribution in [0.2, 0.25) is 0 Å². The Bertz CT molecular complexity index is 1270. The molecule has 0 aliphatic rings. The second kappa shape index (κ2) is 9.33. The Balaban J connectivity index is 1.66.